The van der Waals surface area contributed by atoms with Crippen molar-refractivity contribution in [2.24, 2.45) is 11.3 Å². The van der Waals surface area contributed by atoms with Crippen molar-refractivity contribution < 1.29 is 0 Å². The first-order chi connectivity index (χ1) is 8.46. The van der Waals surface area contributed by atoms with E-state index < -0.39 is 0 Å². The van der Waals surface area contributed by atoms with Crippen molar-refractivity contribution in [3.05, 3.63) is 11.1 Å². The summed E-state index contributed by atoms with van der Waals surface area (Å²) in [6.45, 7) is 13.4. The first-order valence-corrected chi connectivity index (χ1v) is 7.74. The first-order valence-electron chi connectivity index (χ1n) is 6.86. The lowest BCUT2D eigenvalue weighted by Crippen LogP contribution is -2.23. The zero-order valence-electron chi connectivity index (χ0n) is 12.0. The molecule has 1 fully saturated rings. The van der Waals surface area contributed by atoms with E-state index in [1.165, 1.54) is 17.2 Å². The molecule has 0 atom stereocenters. The first kappa shape index (κ1) is 13.8. The highest BCUT2D eigenvalue weighted by Gasteiger charge is 2.30. The summed E-state index contributed by atoms with van der Waals surface area (Å²) in [6, 6.07) is 0. The Balaban J connectivity index is 1.87. The largest absolute Gasteiger partial charge is 0.348 e. The highest BCUT2D eigenvalue weighted by Crippen LogP contribution is 2.33. The van der Waals surface area contributed by atoms with E-state index in [2.05, 4.69) is 43.3 Å². The van der Waals surface area contributed by atoms with E-state index in [9.17, 15) is 0 Å². The minimum atomic E-state index is 0.446. The second-order valence-electron chi connectivity index (χ2n) is 6.48. The lowest BCUT2D eigenvalue weighted by Gasteiger charge is -2.18. The summed E-state index contributed by atoms with van der Waals surface area (Å²) in [6.07, 6.45) is 1.27. The predicted octanol–water partition coefficient (Wildman–Crippen LogP) is 3.13. The van der Waals surface area contributed by atoms with Gasteiger partial charge in [0.25, 0.3) is 0 Å². The van der Waals surface area contributed by atoms with Crippen molar-refractivity contribution in [3.63, 3.8) is 0 Å². The molecule has 0 unspecified atom stereocenters. The molecule has 1 aromatic heterocycles. The maximum absolute atomic E-state index is 4.74. The third-order valence-corrected chi connectivity index (χ3v) is 4.30. The number of thiazole rings is 1. The summed E-state index contributed by atoms with van der Waals surface area (Å²) in [7, 11) is 0. The molecule has 0 saturated carbocycles. The van der Waals surface area contributed by atoms with Gasteiger partial charge in [-0.25, -0.2) is 4.98 Å². The van der Waals surface area contributed by atoms with Gasteiger partial charge in [-0.15, -0.1) is 11.3 Å². The number of nitrogens with one attached hydrogen (secondary N) is 1. The zero-order valence-corrected chi connectivity index (χ0v) is 12.8. The van der Waals surface area contributed by atoms with Crippen LogP contribution in [0.15, 0.2) is 5.38 Å². The summed E-state index contributed by atoms with van der Waals surface area (Å²) in [5.74, 6) is 0.697. The Morgan fingerprint density at radius 2 is 2.28 bits per heavy atom. The van der Waals surface area contributed by atoms with Gasteiger partial charge in [-0.1, -0.05) is 27.7 Å². The highest BCUT2D eigenvalue weighted by atomic mass is 32.1. The fourth-order valence-electron chi connectivity index (χ4n) is 2.29. The molecule has 4 heteroatoms. The molecular formula is C14H25N3S. The van der Waals surface area contributed by atoms with Crippen LogP contribution in [0.4, 0.5) is 5.13 Å². The lowest BCUT2D eigenvalue weighted by atomic mass is 9.93. The van der Waals surface area contributed by atoms with Crippen molar-refractivity contribution in [2.45, 2.75) is 40.7 Å². The third kappa shape index (κ3) is 3.69. The zero-order chi connectivity index (χ0) is 13.2. The molecule has 2 heterocycles. The van der Waals surface area contributed by atoms with E-state index >= 15 is 0 Å². The Morgan fingerprint density at radius 3 is 2.89 bits per heavy atom. The standard InChI is InChI=1S/C14H25N3S/c1-11(2)7-15-8-12-9-18-13(16-12)17-6-5-14(3,4)10-17/h9,11,15H,5-8,10H2,1-4H3. The van der Waals surface area contributed by atoms with Gasteiger partial charge >= 0.3 is 0 Å². The van der Waals surface area contributed by atoms with Crippen molar-refractivity contribution >= 4 is 16.5 Å². The van der Waals surface area contributed by atoms with Crippen LogP contribution in [0.3, 0.4) is 0 Å². The molecule has 1 aliphatic heterocycles. The molecule has 0 spiro atoms. The van der Waals surface area contributed by atoms with E-state index in [1.54, 1.807) is 11.3 Å². The van der Waals surface area contributed by atoms with Crippen molar-refractivity contribution in [1.82, 2.24) is 10.3 Å². The minimum Gasteiger partial charge on any atom is -0.348 e. The Kier molecular flexibility index (Phi) is 4.28. The van der Waals surface area contributed by atoms with Gasteiger partial charge in [0.05, 0.1) is 5.69 Å². The van der Waals surface area contributed by atoms with Gasteiger partial charge in [-0.3, -0.25) is 0 Å². The minimum absolute atomic E-state index is 0.446. The van der Waals surface area contributed by atoms with Crippen molar-refractivity contribution in [3.8, 4) is 0 Å². The molecule has 2 rings (SSSR count). The van der Waals surface area contributed by atoms with Gasteiger partial charge in [0, 0.05) is 25.0 Å². The number of hydrogen-bond donors (Lipinski definition) is 1. The third-order valence-electron chi connectivity index (χ3n) is 3.35. The van der Waals surface area contributed by atoms with Crippen LogP contribution in [0.1, 0.15) is 39.8 Å². The van der Waals surface area contributed by atoms with Gasteiger partial charge in [0.1, 0.15) is 0 Å². The van der Waals surface area contributed by atoms with Gasteiger partial charge < -0.3 is 10.2 Å². The number of hydrogen-bond acceptors (Lipinski definition) is 4. The molecular weight excluding hydrogens is 242 g/mol. The fourth-order valence-corrected chi connectivity index (χ4v) is 3.14. The summed E-state index contributed by atoms with van der Waals surface area (Å²) >= 11 is 1.78. The van der Waals surface area contributed by atoms with Crippen LogP contribution >= 0.6 is 11.3 Å². The van der Waals surface area contributed by atoms with Crippen LogP contribution in [0, 0.1) is 11.3 Å². The van der Waals surface area contributed by atoms with E-state index in [-0.39, 0.29) is 0 Å². The van der Waals surface area contributed by atoms with Crippen LogP contribution in [-0.2, 0) is 6.54 Å². The number of aromatic nitrogens is 1. The molecule has 1 N–H and O–H groups in total. The predicted molar refractivity (Wildman–Crippen MR) is 79.3 cm³/mol. The Hall–Kier alpha value is -0.610. The molecule has 0 amide bonds. The molecule has 1 aliphatic rings. The van der Waals surface area contributed by atoms with E-state index in [4.69, 9.17) is 4.98 Å². The maximum atomic E-state index is 4.74. The summed E-state index contributed by atoms with van der Waals surface area (Å²) in [5.41, 5.74) is 1.63. The van der Waals surface area contributed by atoms with Crippen LogP contribution in [0.5, 0.6) is 0 Å². The van der Waals surface area contributed by atoms with Crippen molar-refractivity contribution in [2.75, 3.05) is 24.5 Å². The number of rotatable bonds is 5. The summed E-state index contributed by atoms with van der Waals surface area (Å²) in [5, 5.41) is 6.83. The molecule has 3 nitrogen and oxygen atoms in total. The SMILES string of the molecule is CC(C)CNCc1csc(N2CCC(C)(C)C2)n1. The molecule has 1 aromatic rings. The fraction of sp³-hybridized carbons (Fsp3) is 0.786. The van der Waals surface area contributed by atoms with Gasteiger partial charge in [-0.05, 0) is 24.3 Å². The second-order valence-corrected chi connectivity index (χ2v) is 7.32. The van der Waals surface area contributed by atoms with Gasteiger partial charge in [-0.2, -0.15) is 0 Å². The van der Waals surface area contributed by atoms with Crippen LogP contribution in [-0.4, -0.2) is 24.6 Å². The highest BCUT2D eigenvalue weighted by molar-refractivity contribution is 7.13. The molecule has 102 valence electrons. The molecule has 0 aromatic carbocycles. The van der Waals surface area contributed by atoms with Gasteiger partial charge in [0.2, 0.25) is 0 Å². The smallest absolute Gasteiger partial charge is 0.185 e. The van der Waals surface area contributed by atoms with Gasteiger partial charge in [0.15, 0.2) is 5.13 Å². The molecule has 18 heavy (non-hydrogen) atoms. The van der Waals surface area contributed by atoms with Crippen molar-refractivity contribution in [1.29, 1.82) is 0 Å². The second kappa shape index (κ2) is 5.57. The van der Waals surface area contributed by atoms with E-state index in [0.717, 1.165) is 26.2 Å². The number of anilines is 1. The summed E-state index contributed by atoms with van der Waals surface area (Å²) in [4.78, 5) is 7.16. The quantitative estimate of drug-likeness (QED) is 0.888. The molecule has 0 radical (unpaired) electrons. The molecule has 0 bridgehead atoms. The lowest BCUT2D eigenvalue weighted by molar-refractivity contribution is 0.418. The average Bonchev–Trinajstić information content (AvgIpc) is 2.84. The normalized spacial score (nSPS) is 18.8. The van der Waals surface area contributed by atoms with Crippen LogP contribution < -0.4 is 10.2 Å². The average molecular weight is 267 g/mol. The Morgan fingerprint density at radius 1 is 1.50 bits per heavy atom. The van der Waals surface area contributed by atoms with Crippen LogP contribution in [0.25, 0.3) is 0 Å². The Labute approximate surface area is 115 Å². The maximum Gasteiger partial charge on any atom is 0.185 e. The molecule has 1 saturated heterocycles. The Bertz CT molecular complexity index is 384. The topological polar surface area (TPSA) is 28.2 Å². The van der Waals surface area contributed by atoms with E-state index in [0.29, 0.717) is 11.3 Å². The van der Waals surface area contributed by atoms with E-state index in [1.807, 2.05) is 0 Å². The number of nitrogens with zero attached hydrogens (tertiary/aromatic N) is 2. The monoisotopic (exact) mass is 267 g/mol. The summed E-state index contributed by atoms with van der Waals surface area (Å²) < 4.78 is 0. The molecule has 0 aliphatic carbocycles. The van der Waals surface area contributed by atoms with Crippen LogP contribution in [0.2, 0.25) is 0 Å².